The highest BCUT2D eigenvalue weighted by Gasteiger charge is 2.19. The SMILES string of the molecule is CCOc1ncc2c(n1)CC=C2c1ccn2nccc2n1. The topological polar surface area (TPSA) is 65.2 Å². The van der Waals surface area contributed by atoms with Gasteiger partial charge >= 0.3 is 6.01 Å². The van der Waals surface area contributed by atoms with E-state index in [4.69, 9.17) is 4.74 Å². The molecule has 1 aliphatic rings. The van der Waals surface area contributed by atoms with Gasteiger partial charge in [-0.2, -0.15) is 10.1 Å². The van der Waals surface area contributed by atoms with E-state index >= 15 is 0 Å². The summed E-state index contributed by atoms with van der Waals surface area (Å²) in [6, 6.07) is 4.27. The van der Waals surface area contributed by atoms with Gasteiger partial charge in [0.25, 0.3) is 0 Å². The van der Waals surface area contributed by atoms with Crippen molar-refractivity contribution in [3.8, 4) is 6.01 Å². The highest BCUT2D eigenvalue weighted by molar-refractivity contribution is 5.82. The van der Waals surface area contributed by atoms with E-state index in [0.29, 0.717) is 12.6 Å². The number of fused-ring (bicyclic) bond motifs is 2. The summed E-state index contributed by atoms with van der Waals surface area (Å²) in [6.07, 6.45) is 8.37. The molecule has 21 heavy (non-hydrogen) atoms. The van der Waals surface area contributed by atoms with Gasteiger partial charge in [0.15, 0.2) is 5.65 Å². The molecule has 0 saturated heterocycles. The van der Waals surface area contributed by atoms with Crippen molar-refractivity contribution in [3.05, 3.63) is 53.8 Å². The van der Waals surface area contributed by atoms with Crippen LogP contribution in [0.5, 0.6) is 6.01 Å². The first-order valence-corrected chi connectivity index (χ1v) is 6.85. The van der Waals surface area contributed by atoms with Crippen LogP contribution >= 0.6 is 0 Å². The molecule has 1 aliphatic carbocycles. The molecule has 0 radical (unpaired) electrons. The van der Waals surface area contributed by atoms with Gasteiger partial charge in [-0.1, -0.05) is 6.08 Å². The van der Waals surface area contributed by atoms with Gasteiger partial charge < -0.3 is 4.74 Å². The fourth-order valence-corrected chi connectivity index (χ4v) is 2.49. The Hall–Kier alpha value is -2.76. The van der Waals surface area contributed by atoms with Crippen LogP contribution in [-0.2, 0) is 6.42 Å². The molecule has 3 aromatic heterocycles. The molecule has 0 aromatic carbocycles. The summed E-state index contributed by atoms with van der Waals surface area (Å²) in [7, 11) is 0. The first-order valence-electron chi connectivity index (χ1n) is 6.85. The van der Waals surface area contributed by atoms with E-state index < -0.39 is 0 Å². The van der Waals surface area contributed by atoms with Crippen molar-refractivity contribution in [2.75, 3.05) is 6.61 Å². The summed E-state index contributed by atoms with van der Waals surface area (Å²) in [6.45, 7) is 2.49. The average Bonchev–Trinajstić information content (AvgIpc) is 3.12. The second-order valence-electron chi connectivity index (χ2n) is 4.71. The van der Waals surface area contributed by atoms with Crippen LogP contribution in [-0.4, -0.2) is 31.2 Å². The minimum absolute atomic E-state index is 0.435. The highest BCUT2D eigenvalue weighted by atomic mass is 16.5. The smallest absolute Gasteiger partial charge is 0.316 e. The third-order valence-electron chi connectivity index (χ3n) is 3.44. The fraction of sp³-hybridized carbons (Fsp3) is 0.200. The fourth-order valence-electron chi connectivity index (χ4n) is 2.49. The van der Waals surface area contributed by atoms with E-state index in [1.165, 1.54) is 0 Å². The van der Waals surface area contributed by atoms with Gasteiger partial charge in [0.05, 0.1) is 24.2 Å². The standard InChI is InChI=1S/C15H13N5O/c1-2-21-15-16-9-11-10(3-4-12(11)19-15)13-6-8-20-14(18-13)5-7-17-20/h3,5-9H,2,4H2,1H3. The Bertz CT molecular complexity index is 852. The van der Waals surface area contributed by atoms with Gasteiger partial charge in [0.1, 0.15) is 0 Å². The van der Waals surface area contributed by atoms with Crippen LogP contribution in [0.3, 0.4) is 0 Å². The van der Waals surface area contributed by atoms with Crippen molar-refractivity contribution in [2.45, 2.75) is 13.3 Å². The van der Waals surface area contributed by atoms with E-state index in [-0.39, 0.29) is 0 Å². The van der Waals surface area contributed by atoms with Crippen LogP contribution in [0, 0.1) is 0 Å². The summed E-state index contributed by atoms with van der Waals surface area (Å²) in [4.78, 5) is 13.3. The van der Waals surface area contributed by atoms with Crippen LogP contribution in [0.15, 0.2) is 36.8 Å². The molecule has 0 amide bonds. The van der Waals surface area contributed by atoms with Crippen molar-refractivity contribution in [3.63, 3.8) is 0 Å². The number of nitrogens with zero attached hydrogens (tertiary/aromatic N) is 5. The predicted octanol–water partition coefficient (Wildman–Crippen LogP) is 1.91. The molecular weight excluding hydrogens is 266 g/mol. The van der Waals surface area contributed by atoms with Crippen molar-refractivity contribution in [2.24, 2.45) is 0 Å². The van der Waals surface area contributed by atoms with E-state index in [1.54, 1.807) is 10.7 Å². The highest BCUT2D eigenvalue weighted by Crippen LogP contribution is 2.31. The molecule has 104 valence electrons. The summed E-state index contributed by atoms with van der Waals surface area (Å²) in [5, 5.41) is 4.16. The number of hydrogen-bond donors (Lipinski definition) is 0. The minimum Gasteiger partial charge on any atom is -0.464 e. The van der Waals surface area contributed by atoms with E-state index in [0.717, 1.165) is 34.6 Å². The Kier molecular flexibility index (Phi) is 2.67. The number of aromatic nitrogens is 5. The van der Waals surface area contributed by atoms with Gasteiger partial charge in [-0.25, -0.2) is 14.5 Å². The minimum atomic E-state index is 0.435. The number of rotatable bonds is 3. The van der Waals surface area contributed by atoms with Crippen LogP contribution in [0.25, 0.3) is 11.2 Å². The first-order chi connectivity index (χ1) is 10.3. The Morgan fingerprint density at radius 1 is 1.29 bits per heavy atom. The van der Waals surface area contributed by atoms with Crippen molar-refractivity contribution in [1.82, 2.24) is 24.6 Å². The number of hydrogen-bond acceptors (Lipinski definition) is 5. The lowest BCUT2D eigenvalue weighted by atomic mass is 10.1. The maximum Gasteiger partial charge on any atom is 0.316 e. The molecule has 0 aliphatic heterocycles. The van der Waals surface area contributed by atoms with Gasteiger partial charge in [0.2, 0.25) is 0 Å². The third kappa shape index (κ3) is 1.96. The molecule has 0 spiro atoms. The second kappa shape index (κ2) is 4.66. The second-order valence-corrected chi connectivity index (χ2v) is 4.71. The average molecular weight is 279 g/mol. The summed E-state index contributed by atoms with van der Waals surface area (Å²) in [5.74, 6) is 0. The maximum atomic E-state index is 5.35. The molecule has 0 atom stereocenters. The molecule has 0 fully saturated rings. The van der Waals surface area contributed by atoms with Crippen LogP contribution in [0.2, 0.25) is 0 Å². The predicted molar refractivity (Wildman–Crippen MR) is 77.0 cm³/mol. The third-order valence-corrected chi connectivity index (χ3v) is 3.44. The molecule has 4 rings (SSSR count). The summed E-state index contributed by atoms with van der Waals surface area (Å²) in [5.41, 5.74) is 4.81. The van der Waals surface area contributed by atoms with Gasteiger partial charge in [-0.15, -0.1) is 0 Å². The van der Waals surface area contributed by atoms with E-state index in [1.807, 2.05) is 31.5 Å². The zero-order valence-corrected chi connectivity index (χ0v) is 11.5. The monoisotopic (exact) mass is 279 g/mol. The van der Waals surface area contributed by atoms with Gasteiger partial charge in [-0.05, 0) is 13.0 Å². The molecule has 6 nitrogen and oxygen atoms in total. The van der Waals surface area contributed by atoms with Crippen molar-refractivity contribution >= 4 is 11.2 Å². The summed E-state index contributed by atoms with van der Waals surface area (Å²) < 4.78 is 7.09. The van der Waals surface area contributed by atoms with Gasteiger partial charge in [-0.3, -0.25) is 0 Å². The quantitative estimate of drug-likeness (QED) is 0.732. The van der Waals surface area contributed by atoms with Crippen LogP contribution in [0.4, 0.5) is 0 Å². The molecule has 0 N–H and O–H groups in total. The summed E-state index contributed by atoms with van der Waals surface area (Å²) >= 11 is 0. The van der Waals surface area contributed by atoms with E-state index in [9.17, 15) is 0 Å². The molecule has 0 bridgehead atoms. The number of allylic oxidation sites excluding steroid dienone is 1. The maximum absolute atomic E-state index is 5.35. The Morgan fingerprint density at radius 2 is 2.24 bits per heavy atom. The lowest BCUT2D eigenvalue weighted by Crippen LogP contribution is -2.01. The molecule has 6 heteroatoms. The normalized spacial score (nSPS) is 13.3. The lowest BCUT2D eigenvalue weighted by Gasteiger charge is -2.06. The largest absolute Gasteiger partial charge is 0.464 e. The Balaban J connectivity index is 1.75. The lowest BCUT2D eigenvalue weighted by molar-refractivity contribution is 0.311. The van der Waals surface area contributed by atoms with Crippen molar-refractivity contribution < 1.29 is 4.74 Å². The van der Waals surface area contributed by atoms with Crippen LogP contribution < -0.4 is 4.74 Å². The zero-order valence-electron chi connectivity index (χ0n) is 11.5. The van der Waals surface area contributed by atoms with Gasteiger partial charge in [0, 0.05) is 36.0 Å². The molecule has 0 unspecified atom stereocenters. The van der Waals surface area contributed by atoms with Crippen molar-refractivity contribution in [1.29, 1.82) is 0 Å². The Labute approximate surface area is 121 Å². The van der Waals surface area contributed by atoms with Crippen LogP contribution in [0.1, 0.15) is 23.9 Å². The Morgan fingerprint density at radius 3 is 3.14 bits per heavy atom. The first kappa shape index (κ1) is 12.0. The zero-order chi connectivity index (χ0) is 14.2. The number of ether oxygens (including phenoxy) is 1. The van der Waals surface area contributed by atoms with E-state index in [2.05, 4.69) is 26.1 Å². The molecule has 0 saturated carbocycles. The molecule has 3 aromatic rings. The molecular formula is C15H13N5O. The molecule has 3 heterocycles.